The van der Waals surface area contributed by atoms with Crippen LogP contribution in [0.1, 0.15) is 42.5 Å². The van der Waals surface area contributed by atoms with E-state index in [0.29, 0.717) is 35.3 Å². The number of alkyl halides is 3. The van der Waals surface area contributed by atoms with Crippen LogP contribution in [0.25, 0.3) is 11.6 Å². The first-order chi connectivity index (χ1) is 18.5. The normalized spacial score (nSPS) is 12.5. The number of halogens is 3. The molecule has 0 unspecified atom stereocenters. The van der Waals surface area contributed by atoms with Gasteiger partial charge in [0.05, 0.1) is 5.56 Å². The number of hydrogen-bond acceptors (Lipinski definition) is 7. The quantitative estimate of drug-likeness (QED) is 0.284. The molecule has 9 nitrogen and oxygen atoms in total. The second-order valence-corrected chi connectivity index (χ2v) is 10.2. The first kappa shape index (κ1) is 28.0. The van der Waals surface area contributed by atoms with Crippen LogP contribution in [0.2, 0.25) is 0 Å². The van der Waals surface area contributed by atoms with Crippen molar-refractivity contribution in [2.24, 2.45) is 5.92 Å². The summed E-state index contributed by atoms with van der Waals surface area (Å²) in [7, 11) is 0. The Morgan fingerprint density at radius 1 is 1.15 bits per heavy atom. The molecule has 4 rings (SSSR count). The van der Waals surface area contributed by atoms with Crippen LogP contribution < -0.4 is 10.2 Å². The first-order valence-electron chi connectivity index (χ1n) is 12.2. The fourth-order valence-electron chi connectivity index (χ4n) is 3.83. The van der Waals surface area contributed by atoms with Gasteiger partial charge >= 0.3 is 6.18 Å². The molecule has 2 amide bonds. The third-order valence-electron chi connectivity index (χ3n) is 5.75. The molecular weight excluding hydrogens is 533 g/mol. The molecule has 3 heterocycles. The second-order valence-electron chi connectivity index (χ2n) is 9.26. The monoisotopic (exact) mass is 560 g/mol. The molecule has 0 radical (unpaired) electrons. The maximum Gasteiger partial charge on any atom is 0.416 e. The highest BCUT2D eigenvalue weighted by Crippen LogP contribution is 2.35. The predicted octanol–water partition coefficient (Wildman–Crippen LogP) is 5.26. The minimum atomic E-state index is -4.65. The lowest BCUT2D eigenvalue weighted by Gasteiger charge is -2.31. The zero-order chi connectivity index (χ0) is 28.2. The van der Waals surface area contributed by atoms with E-state index in [9.17, 15) is 22.8 Å². The summed E-state index contributed by atoms with van der Waals surface area (Å²) in [6, 6.07) is 9.85. The standard InChI is InChI=1S/C26H27F3N6O3S/c1-16(2)11-12-30-25(37)23(21-8-5-13-39-21)35(19-7-4-6-18(14-19)26(27,28)29)22(36)15-34-32-24(31-33-34)20-10-9-17(3)38-20/h4-10,13-14,16,23H,11-12,15H2,1-3H3,(H,30,37)/t23-/m0/s1. The molecule has 0 aliphatic rings. The SMILES string of the molecule is Cc1ccc(-c2nnn(CC(=O)N(c3cccc(C(F)(F)F)c3)[C@H](C(=O)NCCC(C)C)c3cccs3)n2)o1. The highest BCUT2D eigenvalue weighted by atomic mass is 32.1. The minimum Gasteiger partial charge on any atom is -0.458 e. The van der Waals surface area contributed by atoms with Gasteiger partial charge < -0.3 is 9.73 Å². The molecule has 1 N–H and O–H groups in total. The van der Waals surface area contributed by atoms with Crippen molar-refractivity contribution < 1.29 is 27.2 Å². The van der Waals surface area contributed by atoms with Gasteiger partial charge in [-0.1, -0.05) is 26.0 Å². The number of rotatable bonds is 10. The maximum absolute atomic E-state index is 13.8. The Morgan fingerprint density at radius 2 is 1.95 bits per heavy atom. The molecule has 0 spiro atoms. The molecule has 0 bridgehead atoms. The second kappa shape index (κ2) is 11.8. The Balaban J connectivity index is 1.72. The van der Waals surface area contributed by atoms with Crippen molar-refractivity contribution in [1.82, 2.24) is 25.5 Å². The zero-order valence-corrected chi connectivity index (χ0v) is 22.3. The van der Waals surface area contributed by atoms with Gasteiger partial charge in [-0.2, -0.15) is 18.0 Å². The number of furan rings is 1. The molecule has 0 aliphatic heterocycles. The number of aryl methyl sites for hydroxylation is 1. The number of tetrazole rings is 1. The number of anilines is 1. The molecule has 0 saturated heterocycles. The fourth-order valence-corrected chi connectivity index (χ4v) is 4.64. The van der Waals surface area contributed by atoms with Gasteiger partial charge in [0.15, 0.2) is 5.76 Å². The lowest BCUT2D eigenvalue weighted by Crippen LogP contribution is -2.45. The number of amides is 2. The van der Waals surface area contributed by atoms with Gasteiger partial charge in [0.2, 0.25) is 11.7 Å². The molecule has 39 heavy (non-hydrogen) atoms. The van der Waals surface area contributed by atoms with Gasteiger partial charge in [-0.3, -0.25) is 14.5 Å². The summed E-state index contributed by atoms with van der Waals surface area (Å²) in [6.45, 7) is 5.63. The molecular formula is C26H27F3N6O3S. The Labute approximate surface area is 226 Å². The third-order valence-corrected chi connectivity index (χ3v) is 6.68. The van der Waals surface area contributed by atoms with Crippen LogP contribution in [0.4, 0.5) is 18.9 Å². The number of carbonyl (C=O) groups is 2. The predicted molar refractivity (Wildman–Crippen MR) is 139 cm³/mol. The molecule has 0 saturated carbocycles. The third kappa shape index (κ3) is 6.91. The number of aromatic nitrogens is 4. The Bertz CT molecular complexity index is 1410. The number of hydrogen-bond donors (Lipinski definition) is 1. The van der Waals surface area contributed by atoms with E-state index in [1.165, 1.54) is 23.5 Å². The van der Waals surface area contributed by atoms with Crippen molar-refractivity contribution in [1.29, 1.82) is 0 Å². The van der Waals surface area contributed by atoms with Crippen molar-refractivity contribution in [2.45, 2.75) is 46.0 Å². The Hall–Kier alpha value is -4.00. The van der Waals surface area contributed by atoms with Crippen LogP contribution in [-0.2, 0) is 22.3 Å². The topological polar surface area (TPSA) is 106 Å². The van der Waals surface area contributed by atoms with Crippen molar-refractivity contribution in [2.75, 3.05) is 11.4 Å². The average molecular weight is 561 g/mol. The number of nitrogens with zero attached hydrogens (tertiary/aromatic N) is 5. The van der Waals surface area contributed by atoms with E-state index in [-0.39, 0.29) is 11.5 Å². The molecule has 0 fully saturated rings. The van der Waals surface area contributed by atoms with Crippen LogP contribution in [0.3, 0.4) is 0 Å². The van der Waals surface area contributed by atoms with E-state index in [0.717, 1.165) is 21.8 Å². The van der Waals surface area contributed by atoms with Crippen LogP contribution >= 0.6 is 11.3 Å². The van der Waals surface area contributed by atoms with Crippen LogP contribution in [0.15, 0.2) is 58.3 Å². The Morgan fingerprint density at radius 3 is 2.59 bits per heavy atom. The Kier molecular flexibility index (Phi) is 8.48. The van der Waals surface area contributed by atoms with Gasteiger partial charge in [-0.25, -0.2) is 0 Å². The van der Waals surface area contributed by atoms with Gasteiger partial charge in [-0.05, 0) is 66.3 Å². The van der Waals surface area contributed by atoms with E-state index in [4.69, 9.17) is 4.42 Å². The summed E-state index contributed by atoms with van der Waals surface area (Å²) in [5.74, 6) is 0.228. The zero-order valence-electron chi connectivity index (χ0n) is 21.5. The van der Waals surface area contributed by atoms with Gasteiger partial charge in [-0.15, -0.1) is 21.5 Å². The van der Waals surface area contributed by atoms with Crippen molar-refractivity contribution in [3.8, 4) is 11.6 Å². The number of benzene rings is 1. The molecule has 1 atom stereocenters. The van der Waals surface area contributed by atoms with E-state index >= 15 is 0 Å². The highest BCUT2D eigenvalue weighted by molar-refractivity contribution is 7.10. The maximum atomic E-state index is 13.8. The van der Waals surface area contributed by atoms with Crippen molar-refractivity contribution in [3.63, 3.8) is 0 Å². The molecule has 4 aromatic rings. The molecule has 1 aromatic carbocycles. The highest BCUT2D eigenvalue weighted by Gasteiger charge is 2.36. The molecule has 13 heteroatoms. The lowest BCUT2D eigenvalue weighted by molar-refractivity contribution is -0.137. The number of nitrogens with one attached hydrogen (secondary N) is 1. The molecule has 3 aromatic heterocycles. The smallest absolute Gasteiger partial charge is 0.416 e. The summed E-state index contributed by atoms with van der Waals surface area (Å²) in [5, 5.41) is 16.6. The van der Waals surface area contributed by atoms with Crippen LogP contribution in [0.5, 0.6) is 0 Å². The van der Waals surface area contributed by atoms with Crippen molar-refractivity contribution in [3.05, 3.63) is 70.1 Å². The minimum absolute atomic E-state index is 0.0887. The summed E-state index contributed by atoms with van der Waals surface area (Å²) in [6.07, 6.45) is -3.95. The van der Waals surface area contributed by atoms with Crippen molar-refractivity contribution >= 4 is 28.8 Å². The van der Waals surface area contributed by atoms with E-state index in [1.807, 2.05) is 13.8 Å². The first-order valence-corrected chi connectivity index (χ1v) is 13.1. The number of carbonyl (C=O) groups excluding carboxylic acids is 2. The number of thiophene rings is 1. The summed E-state index contributed by atoms with van der Waals surface area (Å²) in [4.78, 5) is 29.8. The van der Waals surface area contributed by atoms with Crippen LogP contribution in [0, 0.1) is 12.8 Å². The van der Waals surface area contributed by atoms with Gasteiger partial charge in [0, 0.05) is 17.1 Å². The van der Waals surface area contributed by atoms with Crippen LogP contribution in [-0.4, -0.2) is 38.6 Å². The van der Waals surface area contributed by atoms with E-state index < -0.39 is 36.1 Å². The largest absolute Gasteiger partial charge is 0.458 e. The molecule has 206 valence electrons. The summed E-state index contributed by atoms with van der Waals surface area (Å²) >= 11 is 1.22. The van der Waals surface area contributed by atoms with Gasteiger partial charge in [0.25, 0.3) is 5.91 Å². The lowest BCUT2D eigenvalue weighted by atomic mass is 10.1. The fraction of sp³-hybridized carbons (Fsp3) is 0.346. The van der Waals surface area contributed by atoms with E-state index in [2.05, 4.69) is 20.7 Å². The molecule has 0 aliphatic carbocycles. The van der Waals surface area contributed by atoms with Gasteiger partial charge in [0.1, 0.15) is 18.3 Å². The summed E-state index contributed by atoms with van der Waals surface area (Å²) in [5.41, 5.74) is -1.04. The van der Waals surface area contributed by atoms with E-state index in [1.54, 1.807) is 36.6 Å². The average Bonchev–Trinajstić information content (AvgIpc) is 3.64. The summed E-state index contributed by atoms with van der Waals surface area (Å²) < 4.78 is 46.3.